The largest absolute Gasteiger partial charge is 0.573 e. The van der Waals surface area contributed by atoms with Gasteiger partial charge in [-0.05, 0) is 24.6 Å². The van der Waals surface area contributed by atoms with E-state index >= 15 is 0 Å². The SMILES string of the molecule is COCC(C)(O)c1cccc(OC(F)(F)F)c1. The van der Waals surface area contributed by atoms with Gasteiger partial charge in [-0.15, -0.1) is 13.2 Å². The Bertz CT molecular complexity index is 374. The standard InChI is InChI=1S/C11H13F3O3/c1-10(15,7-16-2)8-4-3-5-9(6-8)17-11(12,13)14/h3-6,15H,7H2,1-2H3. The third kappa shape index (κ3) is 4.24. The number of benzene rings is 1. The molecular formula is C11H13F3O3. The Morgan fingerprint density at radius 1 is 1.29 bits per heavy atom. The number of ether oxygens (including phenoxy) is 2. The van der Waals surface area contributed by atoms with Crippen molar-refractivity contribution in [3.8, 4) is 5.75 Å². The normalized spacial score (nSPS) is 15.4. The van der Waals surface area contributed by atoms with Crippen molar-refractivity contribution >= 4 is 0 Å². The Morgan fingerprint density at radius 2 is 1.94 bits per heavy atom. The fourth-order valence-corrected chi connectivity index (χ4v) is 1.39. The first-order valence-electron chi connectivity index (χ1n) is 4.82. The highest BCUT2D eigenvalue weighted by Crippen LogP contribution is 2.28. The van der Waals surface area contributed by atoms with E-state index in [-0.39, 0.29) is 12.4 Å². The van der Waals surface area contributed by atoms with Gasteiger partial charge in [0, 0.05) is 7.11 Å². The van der Waals surface area contributed by atoms with Crippen molar-refractivity contribution in [3.05, 3.63) is 29.8 Å². The summed E-state index contributed by atoms with van der Waals surface area (Å²) in [5.74, 6) is -0.369. The maximum absolute atomic E-state index is 12.0. The summed E-state index contributed by atoms with van der Waals surface area (Å²) in [6, 6.07) is 5.18. The molecule has 0 aliphatic carbocycles. The van der Waals surface area contributed by atoms with Crippen LogP contribution in [0.5, 0.6) is 5.75 Å². The zero-order valence-electron chi connectivity index (χ0n) is 9.41. The highest BCUT2D eigenvalue weighted by Gasteiger charge is 2.32. The van der Waals surface area contributed by atoms with Gasteiger partial charge in [-0.3, -0.25) is 0 Å². The molecule has 96 valence electrons. The highest BCUT2D eigenvalue weighted by molar-refractivity contribution is 5.32. The second kappa shape index (κ2) is 4.93. The van der Waals surface area contributed by atoms with Crippen molar-refractivity contribution in [2.45, 2.75) is 18.9 Å². The van der Waals surface area contributed by atoms with Crippen LogP contribution in [0.2, 0.25) is 0 Å². The van der Waals surface area contributed by atoms with Crippen LogP contribution in [0.25, 0.3) is 0 Å². The van der Waals surface area contributed by atoms with Gasteiger partial charge < -0.3 is 14.6 Å². The maximum Gasteiger partial charge on any atom is 0.573 e. The summed E-state index contributed by atoms with van der Waals surface area (Å²) in [4.78, 5) is 0. The average Bonchev–Trinajstić information content (AvgIpc) is 2.15. The van der Waals surface area contributed by atoms with Gasteiger partial charge in [0.2, 0.25) is 0 Å². The smallest absolute Gasteiger partial charge is 0.406 e. The molecule has 1 N–H and O–H groups in total. The Morgan fingerprint density at radius 3 is 2.47 bits per heavy atom. The topological polar surface area (TPSA) is 38.7 Å². The molecule has 1 rings (SSSR count). The van der Waals surface area contributed by atoms with Gasteiger partial charge >= 0.3 is 6.36 Å². The highest BCUT2D eigenvalue weighted by atomic mass is 19.4. The Balaban J connectivity index is 2.93. The Kier molecular flexibility index (Phi) is 4.00. The first-order chi connectivity index (χ1) is 7.74. The van der Waals surface area contributed by atoms with Crippen LogP contribution < -0.4 is 4.74 Å². The Hall–Kier alpha value is -1.27. The van der Waals surface area contributed by atoms with Gasteiger partial charge in [0.25, 0.3) is 0 Å². The first-order valence-corrected chi connectivity index (χ1v) is 4.82. The van der Waals surface area contributed by atoms with E-state index < -0.39 is 12.0 Å². The van der Waals surface area contributed by atoms with Gasteiger partial charge in [-0.25, -0.2) is 0 Å². The molecule has 0 saturated heterocycles. The van der Waals surface area contributed by atoms with Gasteiger partial charge in [-0.1, -0.05) is 12.1 Å². The van der Waals surface area contributed by atoms with Crippen LogP contribution in [0.4, 0.5) is 13.2 Å². The minimum absolute atomic E-state index is 0.0253. The molecule has 1 unspecified atom stereocenters. The molecule has 0 aliphatic heterocycles. The molecule has 0 radical (unpaired) electrons. The summed E-state index contributed by atoms with van der Waals surface area (Å²) >= 11 is 0. The van der Waals surface area contributed by atoms with Crippen molar-refractivity contribution in [2.75, 3.05) is 13.7 Å². The third-order valence-corrected chi connectivity index (χ3v) is 2.11. The summed E-state index contributed by atoms with van der Waals surface area (Å²) in [5.41, 5.74) is -1.07. The lowest BCUT2D eigenvalue weighted by atomic mass is 9.97. The molecule has 0 bridgehead atoms. The molecule has 0 spiro atoms. The van der Waals surface area contributed by atoms with Crippen molar-refractivity contribution in [1.29, 1.82) is 0 Å². The molecule has 0 aromatic heterocycles. The van der Waals surface area contributed by atoms with Crippen molar-refractivity contribution in [1.82, 2.24) is 0 Å². The number of halogens is 3. The Labute approximate surface area is 96.8 Å². The number of hydrogen-bond donors (Lipinski definition) is 1. The van der Waals surface area contributed by atoms with Gasteiger partial charge in [0.05, 0.1) is 6.61 Å². The lowest BCUT2D eigenvalue weighted by molar-refractivity contribution is -0.274. The van der Waals surface area contributed by atoms with Crippen molar-refractivity contribution < 1.29 is 27.8 Å². The number of hydrogen-bond acceptors (Lipinski definition) is 3. The summed E-state index contributed by atoms with van der Waals surface area (Å²) in [7, 11) is 1.39. The predicted molar refractivity (Wildman–Crippen MR) is 54.6 cm³/mol. The summed E-state index contributed by atoms with van der Waals surface area (Å²) < 4.78 is 44.6. The van der Waals surface area contributed by atoms with Gasteiger partial charge in [0.15, 0.2) is 0 Å². The van der Waals surface area contributed by atoms with Crippen LogP contribution in [-0.4, -0.2) is 25.2 Å². The molecule has 17 heavy (non-hydrogen) atoms. The number of methoxy groups -OCH3 is 1. The molecule has 1 atom stereocenters. The van der Waals surface area contributed by atoms with E-state index in [0.29, 0.717) is 5.56 Å². The second-order valence-electron chi connectivity index (χ2n) is 3.78. The van der Waals surface area contributed by atoms with E-state index in [1.807, 2.05) is 0 Å². The molecule has 0 amide bonds. The molecule has 6 heteroatoms. The van der Waals surface area contributed by atoms with Crippen LogP contribution in [0.3, 0.4) is 0 Å². The number of alkyl halides is 3. The van der Waals surface area contributed by atoms with E-state index in [4.69, 9.17) is 4.74 Å². The minimum Gasteiger partial charge on any atom is -0.406 e. The van der Waals surface area contributed by atoms with Crippen LogP contribution >= 0.6 is 0 Å². The van der Waals surface area contributed by atoms with Crippen LogP contribution in [0, 0.1) is 0 Å². The molecule has 1 aromatic rings. The molecule has 1 aromatic carbocycles. The molecule has 0 heterocycles. The lowest BCUT2D eigenvalue weighted by Gasteiger charge is -2.23. The number of aliphatic hydroxyl groups is 1. The quantitative estimate of drug-likeness (QED) is 0.892. The van der Waals surface area contributed by atoms with Crippen molar-refractivity contribution in [3.63, 3.8) is 0 Å². The fourth-order valence-electron chi connectivity index (χ4n) is 1.39. The second-order valence-corrected chi connectivity index (χ2v) is 3.78. The molecule has 0 fully saturated rings. The van der Waals surface area contributed by atoms with Gasteiger partial charge in [0.1, 0.15) is 11.4 Å². The molecule has 0 aliphatic rings. The molecule has 0 saturated carbocycles. The van der Waals surface area contributed by atoms with Crippen LogP contribution in [-0.2, 0) is 10.3 Å². The van der Waals surface area contributed by atoms with Crippen LogP contribution in [0.1, 0.15) is 12.5 Å². The van der Waals surface area contributed by atoms with E-state index in [2.05, 4.69) is 4.74 Å². The minimum atomic E-state index is -4.74. The zero-order valence-corrected chi connectivity index (χ0v) is 9.41. The summed E-state index contributed by atoms with van der Waals surface area (Å²) in [6.45, 7) is 1.42. The van der Waals surface area contributed by atoms with E-state index in [9.17, 15) is 18.3 Å². The number of rotatable bonds is 4. The summed E-state index contributed by atoms with van der Waals surface area (Å²) in [6.07, 6.45) is -4.74. The lowest BCUT2D eigenvalue weighted by Crippen LogP contribution is -2.27. The monoisotopic (exact) mass is 250 g/mol. The average molecular weight is 250 g/mol. The molecular weight excluding hydrogens is 237 g/mol. The maximum atomic E-state index is 12.0. The van der Waals surface area contributed by atoms with E-state index in [1.165, 1.54) is 32.2 Å². The first kappa shape index (κ1) is 13.8. The third-order valence-electron chi connectivity index (χ3n) is 2.11. The van der Waals surface area contributed by atoms with E-state index in [0.717, 1.165) is 6.07 Å². The van der Waals surface area contributed by atoms with Crippen LogP contribution in [0.15, 0.2) is 24.3 Å². The fraction of sp³-hybridized carbons (Fsp3) is 0.455. The zero-order chi connectivity index (χ0) is 13.1. The molecule has 3 nitrogen and oxygen atoms in total. The predicted octanol–water partition coefficient (Wildman–Crippen LogP) is 2.44. The van der Waals surface area contributed by atoms with Crippen molar-refractivity contribution in [2.24, 2.45) is 0 Å². The van der Waals surface area contributed by atoms with Gasteiger partial charge in [-0.2, -0.15) is 0 Å². The van der Waals surface area contributed by atoms with E-state index in [1.54, 1.807) is 0 Å². The summed E-state index contributed by atoms with van der Waals surface area (Å²) in [5, 5.41) is 9.95.